The first-order valence-electron chi connectivity index (χ1n) is 7.33. The summed E-state index contributed by atoms with van der Waals surface area (Å²) in [6, 6.07) is 6.98. The molecule has 0 aliphatic rings. The van der Waals surface area contributed by atoms with Crippen molar-refractivity contribution < 1.29 is 4.79 Å². The van der Waals surface area contributed by atoms with E-state index in [0.29, 0.717) is 16.3 Å². The minimum atomic E-state index is -0.372. The van der Waals surface area contributed by atoms with Gasteiger partial charge in [0.15, 0.2) is 0 Å². The molecule has 2 heterocycles. The van der Waals surface area contributed by atoms with Crippen LogP contribution in [0.4, 0.5) is 0 Å². The predicted octanol–water partition coefficient (Wildman–Crippen LogP) is 2.73. The van der Waals surface area contributed by atoms with Crippen LogP contribution in [-0.2, 0) is 7.05 Å². The molecule has 1 aromatic carbocycles. The Hall–Kier alpha value is -2.73. The van der Waals surface area contributed by atoms with Crippen LogP contribution in [-0.4, -0.2) is 37.6 Å². The van der Waals surface area contributed by atoms with Gasteiger partial charge in [0.2, 0.25) is 0 Å². The van der Waals surface area contributed by atoms with E-state index >= 15 is 0 Å². The molecule has 6 nitrogen and oxygen atoms in total. The van der Waals surface area contributed by atoms with E-state index in [9.17, 15) is 4.79 Å². The summed E-state index contributed by atoms with van der Waals surface area (Å²) in [5.41, 5.74) is 2.10. The van der Waals surface area contributed by atoms with E-state index in [4.69, 9.17) is 11.6 Å². The largest absolute Gasteiger partial charge is 0.329 e. The summed E-state index contributed by atoms with van der Waals surface area (Å²) in [6.07, 6.45) is 8.11. The lowest BCUT2D eigenvalue weighted by molar-refractivity contribution is 0.0752. The highest BCUT2D eigenvalue weighted by molar-refractivity contribution is 6.30. The van der Waals surface area contributed by atoms with Crippen molar-refractivity contribution in [2.24, 2.45) is 7.05 Å². The maximum atomic E-state index is 12.8. The summed E-state index contributed by atoms with van der Waals surface area (Å²) < 4.78 is 1.60. The molecule has 1 atom stereocenters. The number of nitrogens with zero attached hydrogens (tertiary/aromatic N) is 5. The van der Waals surface area contributed by atoms with Crippen molar-refractivity contribution in [1.82, 2.24) is 24.6 Å². The number of aryl methyl sites for hydroxylation is 1. The lowest BCUT2D eigenvalue weighted by atomic mass is 10.0. The standard InChI is InChI=1S/C17H16ClN5O/c1-22-11-13(9-21-22)17(24)23(2)16(15-10-19-7-8-20-15)12-3-5-14(18)6-4-12/h3-11,16H,1-2H3/t16-/m0/s1. The Morgan fingerprint density at radius 3 is 2.54 bits per heavy atom. The molecule has 0 aliphatic carbocycles. The number of aromatic nitrogens is 4. The van der Waals surface area contributed by atoms with Gasteiger partial charge in [0, 0.05) is 37.7 Å². The highest BCUT2D eigenvalue weighted by Crippen LogP contribution is 2.28. The number of rotatable bonds is 4. The van der Waals surface area contributed by atoms with E-state index in [2.05, 4.69) is 15.1 Å². The summed E-state index contributed by atoms with van der Waals surface area (Å²) in [7, 11) is 3.51. The van der Waals surface area contributed by atoms with Crippen LogP contribution in [0, 0.1) is 0 Å². The first-order chi connectivity index (χ1) is 11.6. The predicted molar refractivity (Wildman–Crippen MR) is 90.6 cm³/mol. The van der Waals surface area contributed by atoms with E-state index in [-0.39, 0.29) is 11.9 Å². The SMILES string of the molecule is CN(C(=O)c1cnn(C)c1)[C@@H](c1ccc(Cl)cc1)c1cnccn1. The first kappa shape index (κ1) is 16.1. The molecule has 3 aromatic rings. The van der Waals surface area contributed by atoms with Gasteiger partial charge < -0.3 is 4.90 Å². The van der Waals surface area contributed by atoms with Crippen LogP contribution in [0.3, 0.4) is 0 Å². The Balaban J connectivity index is 2.01. The highest BCUT2D eigenvalue weighted by Gasteiger charge is 2.26. The highest BCUT2D eigenvalue weighted by atomic mass is 35.5. The zero-order valence-corrected chi connectivity index (χ0v) is 14.1. The second-order valence-corrected chi connectivity index (χ2v) is 5.84. The summed E-state index contributed by atoms with van der Waals surface area (Å²) in [5.74, 6) is -0.145. The van der Waals surface area contributed by atoms with E-state index < -0.39 is 0 Å². The van der Waals surface area contributed by atoms with Gasteiger partial charge in [0.1, 0.15) is 6.04 Å². The van der Waals surface area contributed by atoms with Crippen molar-refractivity contribution in [2.75, 3.05) is 7.05 Å². The van der Waals surface area contributed by atoms with Crippen LogP contribution in [0.5, 0.6) is 0 Å². The number of hydrogen-bond acceptors (Lipinski definition) is 4. The molecule has 0 bridgehead atoms. The van der Waals surface area contributed by atoms with Crippen molar-refractivity contribution in [3.05, 3.63) is 77.1 Å². The van der Waals surface area contributed by atoms with E-state index in [1.54, 1.807) is 66.8 Å². The molecule has 0 fully saturated rings. The zero-order valence-electron chi connectivity index (χ0n) is 13.3. The minimum absolute atomic E-state index is 0.145. The summed E-state index contributed by atoms with van der Waals surface area (Å²) >= 11 is 5.98. The third-order valence-electron chi connectivity index (χ3n) is 3.71. The second kappa shape index (κ2) is 6.80. The Labute approximate surface area is 144 Å². The molecule has 0 aliphatic heterocycles. The maximum Gasteiger partial charge on any atom is 0.257 e. The van der Waals surface area contributed by atoms with Gasteiger partial charge in [-0.15, -0.1) is 0 Å². The van der Waals surface area contributed by atoms with E-state index in [1.165, 1.54) is 0 Å². The zero-order chi connectivity index (χ0) is 17.1. The second-order valence-electron chi connectivity index (χ2n) is 5.40. The molecule has 0 saturated heterocycles. The van der Waals surface area contributed by atoms with Gasteiger partial charge in [0.05, 0.1) is 23.7 Å². The van der Waals surface area contributed by atoms with Crippen molar-refractivity contribution >= 4 is 17.5 Å². The van der Waals surface area contributed by atoms with Gasteiger partial charge in [-0.1, -0.05) is 23.7 Å². The monoisotopic (exact) mass is 341 g/mol. The van der Waals surface area contributed by atoms with Crippen LogP contribution < -0.4 is 0 Å². The van der Waals surface area contributed by atoms with Crippen LogP contribution >= 0.6 is 11.6 Å². The lowest BCUT2D eigenvalue weighted by Gasteiger charge is -2.27. The number of benzene rings is 1. The minimum Gasteiger partial charge on any atom is -0.329 e. The first-order valence-corrected chi connectivity index (χ1v) is 7.71. The summed E-state index contributed by atoms with van der Waals surface area (Å²) in [4.78, 5) is 22.9. The van der Waals surface area contributed by atoms with Crippen LogP contribution in [0.25, 0.3) is 0 Å². The molecular weight excluding hydrogens is 326 g/mol. The third-order valence-corrected chi connectivity index (χ3v) is 3.96. The van der Waals surface area contributed by atoms with E-state index in [1.807, 2.05) is 12.1 Å². The van der Waals surface area contributed by atoms with Gasteiger partial charge in [-0.2, -0.15) is 5.10 Å². The Bertz CT molecular complexity index is 832. The third kappa shape index (κ3) is 3.28. The molecule has 0 unspecified atom stereocenters. The molecule has 0 spiro atoms. The van der Waals surface area contributed by atoms with Crippen molar-refractivity contribution in [2.45, 2.75) is 6.04 Å². The van der Waals surface area contributed by atoms with Crippen LogP contribution in [0.15, 0.2) is 55.2 Å². The number of carbonyl (C=O) groups excluding carboxylic acids is 1. The Morgan fingerprint density at radius 2 is 1.96 bits per heavy atom. The molecule has 2 aromatic heterocycles. The number of halogens is 1. The summed E-state index contributed by atoms with van der Waals surface area (Å²) in [5, 5.41) is 4.70. The van der Waals surface area contributed by atoms with Crippen molar-refractivity contribution in [3.63, 3.8) is 0 Å². The Morgan fingerprint density at radius 1 is 1.21 bits per heavy atom. The average molecular weight is 342 g/mol. The smallest absolute Gasteiger partial charge is 0.257 e. The normalized spacial score (nSPS) is 12.0. The number of amides is 1. The van der Waals surface area contributed by atoms with Gasteiger partial charge in [-0.05, 0) is 17.7 Å². The maximum absolute atomic E-state index is 12.8. The average Bonchev–Trinajstić information content (AvgIpc) is 3.03. The molecule has 0 saturated carbocycles. The molecule has 0 N–H and O–H groups in total. The fourth-order valence-electron chi connectivity index (χ4n) is 2.54. The molecule has 1 amide bonds. The topological polar surface area (TPSA) is 63.9 Å². The lowest BCUT2D eigenvalue weighted by Crippen LogP contribution is -2.32. The molecule has 24 heavy (non-hydrogen) atoms. The quantitative estimate of drug-likeness (QED) is 0.732. The fraction of sp³-hybridized carbons (Fsp3) is 0.176. The van der Waals surface area contributed by atoms with Gasteiger partial charge in [-0.25, -0.2) is 0 Å². The summed E-state index contributed by atoms with van der Waals surface area (Å²) in [6.45, 7) is 0. The molecular formula is C17H16ClN5O. The van der Waals surface area contributed by atoms with Crippen LogP contribution in [0.1, 0.15) is 27.7 Å². The van der Waals surface area contributed by atoms with Gasteiger partial charge in [-0.3, -0.25) is 19.4 Å². The van der Waals surface area contributed by atoms with E-state index in [0.717, 1.165) is 5.56 Å². The van der Waals surface area contributed by atoms with Gasteiger partial charge in [0.25, 0.3) is 5.91 Å². The van der Waals surface area contributed by atoms with Crippen molar-refractivity contribution in [3.8, 4) is 0 Å². The number of carbonyl (C=O) groups is 1. The molecule has 122 valence electrons. The van der Waals surface area contributed by atoms with Crippen LogP contribution in [0.2, 0.25) is 5.02 Å². The molecule has 3 rings (SSSR count). The Kier molecular flexibility index (Phi) is 4.57. The van der Waals surface area contributed by atoms with Crippen molar-refractivity contribution in [1.29, 1.82) is 0 Å². The number of hydrogen-bond donors (Lipinski definition) is 0. The fourth-order valence-corrected chi connectivity index (χ4v) is 2.67. The molecule has 7 heteroatoms. The molecule has 0 radical (unpaired) electrons. The van der Waals surface area contributed by atoms with Gasteiger partial charge >= 0.3 is 0 Å².